The van der Waals surface area contributed by atoms with E-state index in [9.17, 15) is 0 Å². The molecule has 0 amide bonds. The fraction of sp³-hybridized carbons (Fsp3) is 0. The van der Waals surface area contributed by atoms with Gasteiger partial charge in [0, 0.05) is 104 Å². The van der Waals surface area contributed by atoms with E-state index in [-0.39, 0.29) is 0 Å². The first-order valence-electron chi connectivity index (χ1n) is 37.2. The van der Waals surface area contributed by atoms with Gasteiger partial charge in [0.2, 0.25) is 0 Å². The molecular formula is C100H58N8O2. The Balaban J connectivity index is 0.731. The largest absolute Gasteiger partial charge is 0.454 e. The fourth-order valence-corrected chi connectivity index (χ4v) is 18.0. The van der Waals surface area contributed by atoms with Gasteiger partial charge in [0.1, 0.15) is 22.2 Å². The molecule has 0 aliphatic heterocycles. The Bertz CT molecular complexity index is 7960. The van der Waals surface area contributed by atoms with Crippen LogP contribution >= 0.6 is 0 Å². The van der Waals surface area contributed by atoms with Crippen molar-refractivity contribution < 1.29 is 8.83 Å². The summed E-state index contributed by atoms with van der Waals surface area (Å²) in [6, 6.07) is 126. The molecule has 9 heterocycles. The van der Waals surface area contributed by atoms with Crippen LogP contribution in [0.1, 0.15) is 0 Å². The second-order valence-electron chi connectivity index (χ2n) is 28.7. The zero-order valence-corrected chi connectivity index (χ0v) is 58.9. The van der Waals surface area contributed by atoms with Crippen LogP contribution < -0.4 is 0 Å². The van der Waals surface area contributed by atoms with Gasteiger partial charge < -0.3 is 27.1 Å². The molecular weight excluding hydrogens is 1350 g/mol. The predicted molar refractivity (Wildman–Crippen MR) is 452 cm³/mol. The summed E-state index contributed by atoms with van der Waals surface area (Å²) in [5.74, 6) is 0.592. The van der Waals surface area contributed by atoms with Crippen LogP contribution in [0.25, 0.3) is 232 Å². The number of hydrogen-bond donors (Lipinski definition) is 0. The van der Waals surface area contributed by atoms with Crippen molar-refractivity contribution in [2.75, 3.05) is 0 Å². The summed E-state index contributed by atoms with van der Waals surface area (Å²) in [7, 11) is 0. The maximum Gasteiger partial charge on any atom is 0.163 e. The summed E-state index contributed by atoms with van der Waals surface area (Å²) in [6.45, 7) is 0. The van der Waals surface area contributed by atoms with E-state index in [0.29, 0.717) is 11.4 Å². The minimum atomic E-state index is 0.592. The Morgan fingerprint density at radius 1 is 0.218 bits per heavy atom. The summed E-state index contributed by atoms with van der Waals surface area (Å²) in [5.41, 5.74) is 27.5. The van der Waals surface area contributed by atoms with Gasteiger partial charge in [-0.15, -0.1) is 0 Å². The number of hydrogen-bond acceptors (Lipinski definition) is 6. The molecule has 0 aliphatic carbocycles. The summed E-state index contributed by atoms with van der Waals surface area (Å²) < 4.78 is 23.6. The Morgan fingerprint density at radius 3 is 1.13 bits per heavy atom. The molecule has 9 aromatic heterocycles. The van der Waals surface area contributed by atoms with Gasteiger partial charge >= 0.3 is 0 Å². The van der Waals surface area contributed by atoms with E-state index in [1.54, 1.807) is 0 Å². The van der Waals surface area contributed by atoms with E-state index >= 15 is 0 Å². The Kier molecular flexibility index (Phi) is 12.7. The smallest absolute Gasteiger partial charge is 0.163 e. The average molecular weight is 1400 g/mol. The van der Waals surface area contributed by atoms with Gasteiger partial charge in [0.05, 0.1) is 72.1 Å². The number of rotatable bonds is 9. The third-order valence-corrected chi connectivity index (χ3v) is 22.7. The van der Waals surface area contributed by atoms with Crippen molar-refractivity contribution in [3.8, 4) is 78.9 Å². The molecule has 24 aromatic rings. The summed E-state index contributed by atoms with van der Waals surface area (Å²) in [4.78, 5) is 21.7. The summed E-state index contributed by atoms with van der Waals surface area (Å²) in [6.07, 6.45) is 0. The standard InChI is InChI=1S/C100H58N8O2/c1-2-25-59(26-3-1)100-103-81(58-82(104-100)95-74-33-5-15-39-80(74)102-97-77-36-13-23-48-92(77)110-99(95)97)61-51-63(105-83-40-16-6-27-68(83)69-28-7-17-41-84(69)105)56-64(52-61)108-88-45-21-11-34-75(88)94-67(37-24-46-90(94)108)60-49-50-89-78(55-60)72-31-10-20-44-87(72)107(89)66-54-62(53-65(57-66)106-85-42-18-8-29-70(85)71-30-9-19-43-86(71)106)93-73-32-4-14-38-79(73)101-96-76-35-12-22-47-91(76)109-98(93)96/h1-58H. The van der Waals surface area contributed by atoms with Crippen molar-refractivity contribution in [2.24, 2.45) is 0 Å². The number of para-hydroxylation sites is 10. The number of nitrogens with zero attached hydrogens (tertiary/aromatic N) is 8. The van der Waals surface area contributed by atoms with Gasteiger partial charge in [-0.05, 0) is 150 Å². The third-order valence-electron chi connectivity index (χ3n) is 22.7. The molecule has 0 bridgehead atoms. The molecule has 0 spiro atoms. The van der Waals surface area contributed by atoms with Crippen LogP contribution in [0.4, 0.5) is 0 Å². The first kappa shape index (κ1) is 60.3. The lowest BCUT2D eigenvalue weighted by Gasteiger charge is -2.17. The average Bonchev–Trinajstić information content (AvgIpc) is 1.53. The lowest BCUT2D eigenvalue weighted by atomic mass is 9.97. The van der Waals surface area contributed by atoms with Gasteiger partial charge in [-0.2, -0.15) is 0 Å². The molecule has 24 rings (SSSR count). The zero-order chi connectivity index (χ0) is 71.8. The van der Waals surface area contributed by atoms with E-state index in [4.69, 9.17) is 28.8 Å². The Morgan fingerprint density at radius 2 is 0.600 bits per heavy atom. The molecule has 15 aromatic carbocycles. The minimum absolute atomic E-state index is 0.592. The zero-order valence-electron chi connectivity index (χ0n) is 58.9. The molecule has 10 nitrogen and oxygen atoms in total. The highest BCUT2D eigenvalue weighted by atomic mass is 16.3. The molecule has 510 valence electrons. The summed E-state index contributed by atoms with van der Waals surface area (Å²) >= 11 is 0. The normalized spacial score (nSPS) is 12.2. The van der Waals surface area contributed by atoms with Gasteiger partial charge in [0.15, 0.2) is 17.0 Å². The highest BCUT2D eigenvalue weighted by molar-refractivity contribution is 6.20. The van der Waals surface area contributed by atoms with Gasteiger partial charge in [0.25, 0.3) is 0 Å². The molecule has 0 fully saturated rings. The first-order chi connectivity index (χ1) is 54.5. The van der Waals surface area contributed by atoms with Crippen LogP contribution in [0.15, 0.2) is 361 Å². The number of benzene rings is 15. The molecule has 0 saturated heterocycles. The van der Waals surface area contributed by atoms with Crippen LogP contribution in [0.3, 0.4) is 0 Å². The van der Waals surface area contributed by atoms with Crippen molar-refractivity contribution in [1.82, 2.24) is 38.2 Å². The topological polar surface area (TPSA) is 97.6 Å². The fourth-order valence-electron chi connectivity index (χ4n) is 18.0. The Hall–Kier alpha value is -15.0. The highest BCUT2D eigenvalue weighted by Gasteiger charge is 2.27. The molecule has 0 unspecified atom stereocenters. The number of fused-ring (bicyclic) bond motifs is 20. The number of aromatic nitrogens is 8. The predicted octanol–water partition coefficient (Wildman–Crippen LogP) is 26.1. The number of pyridine rings is 2. The van der Waals surface area contributed by atoms with Crippen LogP contribution in [0.2, 0.25) is 0 Å². The van der Waals surface area contributed by atoms with Crippen molar-refractivity contribution in [3.63, 3.8) is 0 Å². The molecule has 0 aliphatic rings. The van der Waals surface area contributed by atoms with Crippen LogP contribution in [0.5, 0.6) is 0 Å². The second kappa shape index (κ2) is 23.2. The van der Waals surface area contributed by atoms with Gasteiger partial charge in [-0.25, -0.2) is 19.9 Å². The van der Waals surface area contributed by atoms with E-state index in [2.05, 4.69) is 316 Å². The van der Waals surface area contributed by atoms with Crippen molar-refractivity contribution in [2.45, 2.75) is 0 Å². The van der Waals surface area contributed by atoms with Crippen LogP contribution in [0, 0.1) is 0 Å². The molecule has 0 saturated carbocycles. The maximum atomic E-state index is 6.98. The molecule has 10 heteroatoms. The van der Waals surface area contributed by atoms with E-state index < -0.39 is 0 Å². The van der Waals surface area contributed by atoms with Crippen molar-refractivity contribution >= 4 is 153 Å². The van der Waals surface area contributed by atoms with Gasteiger partial charge in [-0.3, -0.25) is 0 Å². The van der Waals surface area contributed by atoms with Gasteiger partial charge in [-0.1, -0.05) is 218 Å². The molecule has 110 heavy (non-hydrogen) atoms. The quantitative estimate of drug-likeness (QED) is 0.143. The monoisotopic (exact) mass is 1400 g/mol. The van der Waals surface area contributed by atoms with Crippen molar-refractivity contribution in [1.29, 1.82) is 0 Å². The lowest BCUT2D eigenvalue weighted by Crippen LogP contribution is -2.02. The van der Waals surface area contributed by atoms with Crippen LogP contribution in [-0.2, 0) is 0 Å². The Labute approximate surface area is 627 Å². The SMILES string of the molecule is c1ccc(-c2nc(-c3cc(-n4c5ccccc5c5ccccc54)cc(-n4c5ccccc5c5c(-c6ccc7c(c6)c6ccccc6n7-c6cc(-c7c8ccccc8nc8c7oc7ccccc78)cc(-n7c8ccccc8c8ccccc87)c6)cccc54)c3)cc(-c3c4ccccc4nc4c3oc3ccccc34)n2)cc1. The van der Waals surface area contributed by atoms with E-state index in [1.165, 1.54) is 21.5 Å². The first-order valence-corrected chi connectivity index (χ1v) is 37.2. The van der Waals surface area contributed by atoms with E-state index in [0.717, 1.165) is 199 Å². The molecule has 0 atom stereocenters. The lowest BCUT2D eigenvalue weighted by molar-refractivity contribution is 0.669. The summed E-state index contributed by atoms with van der Waals surface area (Å²) in [5, 5.41) is 13.2. The molecule has 0 N–H and O–H groups in total. The number of furan rings is 2. The highest BCUT2D eigenvalue weighted by Crippen LogP contribution is 2.48. The van der Waals surface area contributed by atoms with Crippen molar-refractivity contribution in [3.05, 3.63) is 352 Å². The second-order valence-corrected chi connectivity index (χ2v) is 28.7. The van der Waals surface area contributed by atoms with Crippen LogP contribution in [-0.4, -0.2) is 38.2 Å². The van der Waals surface area contributed by atoms with E-state index in [1.807, 2.05) is 54.6 Å². The third kappa shape index (κ3) is 8.86. The maximum absolute atomic E-state index is 6.98. The molecule has 0 radical (unpaired) electrons. The minimum Gasteiger partial charge on any atom is -0.454 e.